The molecule has 1 fully saturated rings. The number of amides is 1. The molecule has 0 spiro atoms. The number of carbonyl (C=O) groups excluding carboxylic acids is 1. The summed E-state index contributed by atoms with van der Waals surface area (Å²) in [6.07, 6.45) is 1.58. The van der Waals surface area contributed by atoms with Crippen molar-refractivity contribution in [1.29, 1.82) is 0 Å². The number of hydrogen-bond donors (Lipinski definition) is 2. The Labute approximate surface area is 148 Å². The number of ether oxygens (including phenoxy) is 1. The average Bonchev–Trinajstić information content (AvgIpc) is 3.00. The van der Waals surface area contributed by atoms with Crippen LogP contribution in [0.5, 0.6) is 0 Å². The van der Waals surface area contributed by atoms with Gasteiger partial charge in [-0.05, 0) is 45.0 Å². The molecule has 1 amide bonds. The molecule has 3 rings (SSSR count). The third-order valence-corrected chi connectivity index (χ3v) is 4.68. The van der Waals surface area contributed by atoms with Crippen LogP contribution in [-0.2, 0) is 9.53 Å². The lowest BCUT2D eigenvalue weighted by molar-refractivity contribution is -0.137. The minimum Gasteiger partial charge on any atom is -0.459 e. The highest BCUT2D eigenvalue weighted by molar-refractivity contribution is 5.85. The van der Waals surface area contributed by atoms with Crippen molar-refractivity contribution >= 4 is 29.3 Å². The number of carbonyl (C=O) groups is 1. The van der Waals surface area contributed by atoms with Gasteiger partial charge in [-0.1, -0.05) is 18.2 Å². The van der Waals surface area contributed by atoms with E-state index < -0.39 is 5.41 Å². The van der Waals surface area contributed by atoms with Crippen LogP contribution in [0.25, 0.3) is 11.0 Å². The van der Waals surface area contributed by atoms with Gasteiger partial charge in [-0.2, -0.15) is 0 Å². The fourth-order valence-electron chi connectivity index (χ4n) is 3.26. The van der Waals surface area contributed by atoms with Crippen molar-refractivity contribution in [2.75, 3.05) is 26.8 Å². The van der Waals surface area contributed by atoms with E-state index in [1.165, 1.54) is 0 Å². The van der Waals surface area contributed by atoms with E-state index in [9.17, 15) is 4.79 Å². The molecule has 0 bridgehead atoms. The standard InChI is InChI=1S/C18H24N2O3.ClH/c1-13(16-11-14-5-3-4-6-15(14)23-16)20-17(21)18(12-22-2)7-9-19-10-8-18;/h3-6,11,13,19H,7-10,12H2,1-2H3,(H,20,21);1H. The molecule has 24 heavy (non-hydrogen) atoms. The van der Waals surface area contributed by atoms with Gasteiger partial charge in [0.25, 0.3) is 0 Å². The zero-order valence-electron chi connectivity index (χ0n) is 14.1. The smallest absolute Gasteiger partial charge is 0.229 e. The van der Waals surface area contributed by atoms with E-state index in [1.54, 1.807) is 7.11 Å². The van der Waals surface area contributed by atoms with Crippen LogP contribution < -0.4 is 10.6 Å². The summed E-state index contributed by atoms with van der Waals surface area (Å²) in [6, 6.07) is 9.70. The van der Waals surface area contributed by atoms with Gasteiger partial charge in [0, 0.05) is 12.5 Å². The van der Waals surface area contributed by atoms with Crippen LogP contribution in [0.3, 0.4) is 0 Å². The second kappa shape index (κ2) is 8.01. The summed E-state index contributed by atoms with van der Waals surface area (Å²) in [5, 5.41) is 7.47. The number of furan rings is 1. The lowest BCUT2D eigenvalue weighted by Crippen LogP contribution is -2.50. The van der Waals surface area contributed by atoms with Gasteiger partial charge in [0.1, 0.15) is 11.3 Å². The molecule has 1 unspecified atom stereocenters. The van der Waals surface area contributed by atoms with Gasteiger partial charge < -0.3 is 19.8 Å². The van der Waals surface area contributed by atoms with Crippen molar-refractivity contribution in [1.82, 2.24) is 10.6 Å². The number of para-hydroxylation sites is 1. The lowest BCUT2D eigenvalue weighted by Gasteiger charge is -2.36. The lowest BCUT2D eigenvalue weighted by atomic mass is 9.78. The number of halogens is 1. The minimum atomic E-state index is -0.444. The maximum Gasteiger partial charge on any atom is 0.229 e. The van der Waals surface area contributed by atoms with Crippen molar-refractivity contribution in [3.63, 3.8) is 0 Å². The van der Waals surface area contributed by atoms with Gasteiger partial charge in [-0.15, -0.1) is 12.4 Å². The van der Waals surface area contributed by atoms with Crippen molar-refractivity contribution in [3.05, 3.63) is 36.1 Å². The minimum absolute atomic E-state index is 0. The SMILES string of the molecule is COCC1(C(=O)NC(C)c2cc3ccccc3o2)CCNCC1.Cl. The normalized spacial score (nSPS) is 17.9. The van der Waals surface area contributed by atoms with Crippen LogP contribution in [0.15, 0.2) is 34.7 Å². The second-order valence-corrected chi connectivity index (χ2v) is 6.35. The molecule has 5 nitrogen and oxygen atoms in total. The number of rotatable bonds is 5. The van der Waals surface area contributed by atoms with Crippen LogP contribution in [0, 0.1) is 5.41 Å². The van der Waals surface area contributed by atoms with Crippen LogP contribution in [0.4, 0.5) is 0 Å². The first-order valence-corrected chi connectivity index (χ1v) is 8.14. The number of fused-ring (bicyclic) bond motifs is 1. The molecule has 2 heterocycles. The maximum atomic E-state index is 12.8. The summed E-state index contributed by atoms with van der Waals surface area (Å²) in [6.45, 7) is 4.09. The van der Waals surface area contributed by atoms with E-state index in [-0.39, 0.29) is 24.4 Å². The molecule has 1 aromatic carbocycles. The highest BCUT2D eigenvalue weighted by Crippen LogP contribution is 2.31. The Kier molecular flexibility index (Phi) is 6.27. The van der Waals surface area contributed by atoms with E-state index in [0.717, 1.165) is 42.7 Å². The largest absolute Gasteiger partial charge is 0.459 e. The van der Waals surface area contributed by atoms with E-state index in [2.05, 4.69) is 10.6 Å². The topological polar surface area (TPSA) is 63.5 Å². The van der Waals surface area contributed by atoms with Gasteiger partial charge in [-0.25, -0.2) is 0 Å². The molecule has 132 valence electrons. The molecular formula is C18H25ClN2O3. The average molecular weight is 353 g/mol. The summed E-state index contributed by atoms with van der Waals surface area (Å²) in [5.74, 6) is 0.829. The molecule has 1 aliphatic heterocycles. The van der Waals surface area contributed by atoms with Gasteiger partial charge in [-0.3, -0.25) is 4.79 Å². The summed E-state index contributed by atoms with van der Waals surface area (Å²) in [4.78, 5) is 12.8. The zero-order valence-corrected chi connectivity index (χ0v) is 14.9. The Hall–Kier alpha value is -1.56. The first-order valence-electron chi connectivity index (χ1n) is 8.14. The molecule has 6 heteroatoms. The molecule has 0 aliphatic carbocycles. The quantitative estimate of drug-likeness (QED) is 0.868. The first kappa shape index (κ1) is 18.8. The van der Waals surface area contributed by atoms with Crippen molar-refractivity contribution < 1.29 is 13.9 Å². The zero-order chi connectivity index (χ0) is 16.3. The van der Waals surface area contributed by atoms with Gasteiger partial charge >= 0.3 is 0 Å². The molecule has 1 saturated heterocycles. The second-order valence-electron chi connectivity index (χ2n) is 6.35. The molecule has 1 aromatic heterocycles. The van der Waals surface area contributed by atoms with E-state index >= 15 is 0 Å². The number of benzene rings is 1. The Bertz CT molecular complexity index is 641. The van der Waals surface area contributed by atoms with Gasteiger partial charge in [0.2, 0.25) is 5.91 Å². The van der Waals surface area contributed by atoms with E-state index in [1.807, 2.05) is 37.3 Å². The molecular weight excluding hydrogens is 328 g/mol. The molecule has 1 aliphatic rings. The van der Waals surface area contributed by atoms with Crippen molar-refractivity contribution in [2.24, 2.45) is 5.41 Å². The molecule has 0 saturated carbocycles. The molecule has 1 atom stereocenters. The van der Waals surface area contributed by atoms with Gasteiger partial charge in [0.05, 0.1) is 18.1 Å². The monoisotopic (exact) mass is 352 g/mol. The summed E-state index contributed by atoms with van der Waals surface area (Å²) < 4.78 is 11.2. The van der Waals surface area contributed by atoms with Crippen LogP contribution in [-0.4, -0.2) is 32.7 Å². The molecule has 2 N–H and O–H groups in total. The highest BCUT2D eigenvalue weighted by atomic mass is 35.5. The van der Waals surface area contributed by atoms with E-state index in [4.69, 9.17) is 9.15 Å². The van der Waals surface area contributed by atoms with Crippen molar-refractivity contribution in [2.45, 2.75) is 25.8 Å². The van der Waals surface area contributed by atoms with Gasteiger partial charge in [0.15, 0.2) is 0 Å². The fourth-order valence-corrected chi connectivity index (χ4v) is 3.26. The fraction of sp³-hybridized carbons (Fsp3) is 0.500. The number of hydrogen-bond acceptors (Lipinski definition) is 4. The highest BCUT2D eigenvalue weighted by Gasteiger charge is 2.40. The van der Waals surface area contributed by atoms with Crippen molar-refractivity contribution in [3.8, 4) is 0 Å². The number of nitrogens with one attached hydrogen (secondary N) is 2. The summed E-state index contributed by atoms with van der Waals surface area (Å²) in [7, 11) is 1.65. The first-order chi connectivity index (χ1) is 11.1. The van der Waals surface area contributed by atoms with Crippen LogP contribution in [0.2, 0.25) is 0 Å². The van der Waals surface area contributed by atoms with Crippen LogP contribution in [0.1, 0.15) is 31.6 Å². The number of piperidine rings is 1. The van der Waals surface area contributed by atoms with E-state index in [0.29, 0.717) is 6.61 Å². The Morgan fingerprint density at radius 1 is 1.38 bits per heavy atom. The maximum absolute atomic E-state index is 12.8. The molecule has 0 radical (unpaired) electrons. The van der Waals surface area contributed by atoms with Crippen LogP contribution >= 0.6 is 12.4 Å². The number of methoxy groups -OCH3 is 1. The molecule has 2 aromatic rings. The predicted octanol–water partition coefficient (Wildman–Crippen LogP) is 3.05. The predicted molar refractivity (Wildman–Crippen MR) is 96.4 cm³/mol. The third kappa shape index (κ3) is 3.74. The Balaban J connectivity index is 0.00000208. The Morgan fingerprint density at radius 3 is 2.75 bits per heavy atom. The third-order valence-electron chi connectivity index (χ3n) is 4.68. The Morgan fingerprint density at radius 2 is 2.08 bits per heavy atom. The summed E-state index contributed by atoms with van der Waals surface area (Å²) >= 11 is 0. The summed E-state index contributed by atoms with van der Waals surface area (Å²) in [5.41, 5.74) is 0.400.